The molecule has 0 fully saturated rings. The van der Waals surface area contributed by atoms with Gasteiger partial charge in [-0.2, -0.15) is 0 Å². The number of esters is 6. The van der Waals surface area contributed by atoms with Crippen molar-refractivity contribution < 1.29 is 155 Å². The summed E-state index contributed by atoms with van der Waals surface area (Å²) in [6.07, 6.45) is 11.1. The molecule has 8 rings (SSSR count). The number of carbonyl (C=O) groups excluding carboxylic acids is 8. The molecule has 0 atom stereocenters. The van der Waals surface area contributed by atoms with E-state index in [1.807, 2.05) is 219 Å². The molecule has 32 heteroatoms. The van der Waals surface area contributed by atoms with Gasteiger partial charge in [0.05, 0.1) is 6.61 Å². The van der Waals surface area contributed by atoms with Crippen LogP contribution in [0.4, 0.5) is 0 Å². The van der Waals surface area contributed by atoms with E-state index in [0.717, 1.165) is 75.7 Å². The number of rotatable bonds is 28. The zero-order chi connectivity index (χ0) is 80.1. The Morgan fingerprint density at radius 3 is 0.944 bits per heavy atom. The van der Waals surface area contributed by atoms with Gasteiger partial charge in [0.25, 0.3) is 6.45 Å². The first-order chi connectivity index (χ1) is 51.9. The van der Waals surface area contributed by atoms with E-state index in [1.165, 1.54) is 96.9 Å². The van der Waals surface area contributed by atoms with Crippen LogP contribution in [0.3, 0.4) is 0 Å². The van der Waals surface area contributed by atoms with Crippen LogP contribution in [0, 0.1) is 13.2 Å². The van der Waals surface area contributed by atoms with E-state index in [4.69, 9.17) is 45.3 Å². The molecular weight excluding hydrogens is 1760 g/mol. The van der Waals surface area contributed by atoms with Gasteiger partial charge < -0.3 is 54.4 Å². The third-order valence-electron chi connectivity index (χ3n) is 12.0. The predicted molar refractivity (Wildman–Crippen MR) is 439 cm³/mol. The standard InChI is InChI=1S/C10H12O2S2.C10H11O2S2.C10H12O2S.C10H11O2S.2C9H10O2S2.C9H10O2S.C9H9O2S.4V/c2*1-8(11)12-7-9-3-5-10(6-4-9)14-13-2;2*1-8(11)12-7-9-3-5-10(13-2)6-4-9;2*1-7(10)11-6-8-2-4-9(13-12)5-3-8;2*1-12-9-4-2-8(3-5-9)6-11-7-10;;;;/h3-6H,7H2,1-2H3;3-6H,2,7H2,1H3;3-6H,7H2,1-2H3;3-6H,1,7H2,2H3;2*2-5,12H,6H2,1H3;2-5,7H,6H2,1H3;2-5H,6H2,1H3;;;;/q;-1;;-1;;;;-1;;;;/p-1/i2D;;1D;;;;7D;;;;;/hD. The van der Waals surface area contributed by atoms with Gasteiger partial charge in [-0.25, -0.2) is 0 Å². The molecule has 0 spiro atoms. The zero-order valence-corrected chi connectivity index (χ0v) is 75.6. The summed E-state index contributed by atoms with van der Waals surface area (Å²) in [4.78, 5) is 92.2. The molecule has 8 aromatic rings. The second kappa shape index (κ2) is 71.9. The third kappa shape index (κ3) is 59.7. The second-order valence-electron chi connectivity index (χ2n) is 19.7. The normalized spacial score (nSPS) is 9.80. The molecular formula is C76H84O16S12V4-4. The van der Waals surface area contributed by atoms with E-state index < -0.39 is 18.4 Å². The van der Waals surface area contributed by atoms with Crippen molar-refractivity contribution in [3.63, 3.8) is 0 Å². The Hall–Kier alpha value is -4.07. The first-order valence-corrected chi connectivity index (χ1v) is 43.2. The summed E-state index contributed by atoms with van der Waals surface area (Å²) >= 11 is 12.5. The number of ether oxygens (including phenoxy) is 8. The minimum absolute atomic E-state index is 0. The van der Waals surface area contributed by atoms with Crippen molar-refractivity contribution in [1.29, 1.82) is 1.12 Å². The second-order valence-corrected chi connectivity index (χ2v) is 29.7. The Kier molecular flexibility index (Phi) is 67.9. The fourth-order valence-electron chi connectivity index (χ4n) is 6.88. The number of thiol groups is 1. The Morgan fingerprint density at radius 1 is 0.426 bits per heavy atom. The molecule has 108 heavy (non-hydrogen) atoms. The van der Waals surface area contributed by atoms with Crippen LogP contribution in [-0.2, 0) is 215 Å². The quantitative estimate of drug-likeness (QED) is 0.00706. The summed E-state index contributed by atoms with van der Waals surface area (Å²) < 4.78 is 65.2. The Bertz CT molecular complexity index is 3600. The van der Waals surface area contributed by atoms with E-state index >= 15 is 0 Å². The number of benzene rings is 8. The smallest absolute Gasteiger partial charge is 0.302 e. The third-order valence-corrected chi connectivity index (χ3v) is 20.1. The van der Waals surface area contributed by atoms with Crippen LogP contribution in [0.2, 0.25) is 0 Å². The van der Waals surface area contributed by atoms with Gasteiger partial charge in [0.2, 0.25) is 0 Å². The largest absolute Gasteiger partial charge is 0.714 e. The van der Waals surface area contributed by atoms with Crippen molar-refractivity contribution in [2.45, 2.75) is 127 Å². The van der Waals surface area contributed by atoms with Gasteiger partial charge in [-0.15, -0.1) is 58.6 Å². The molecule has 0 aliphatic carbocycles. The molecule has 0 unspecified atom stereocenters. The first kappa shape index (κ1) is 102. The van der Waals surface area contributed by atoms with Crippen LogP contribution in [-0.4, -0.2) is 81.1 Å². The number of hydrogen-bond donors (Lipinski definition) is 1. The molecule has 4 radical (unpaired) electrons. The van der Waals surface area contributed by atoms with E-state index in [-0.39, 0.29) is 118 Å². The van der Waals surface area contributed by atoms with Gasteiger partial charge >= 0.3 is 29.8 Å². The van der Waals surface area contributed by atoms with Gasteiger partial charge in [0.15, 0.2) is 7.34 Å². The summed E-state index contributed by atoms with van der Waals surface area (Å²) in [6, 6.07) is 62.1. The summed E-state index contributed by atoms with van der Waals surface area (Å²) in [7, 11) is 8.79. The van der Waals surface area contributed by atoms with Gasteiger partial charge in [-0.3, -0.25) is 68.3 Å². The van der Waals surface area contributed by atoms with Crippen LogP contribution in [0.15, 0.2) is 233 Å². The van der Waals surface area contributed by atoms with Gasteiger partial charge in [-0.05, 0) is 166 Å². The summed E-state index contributed by atoms with van der Waals surface area (Å²) in [5.74, 6) is -2.03. The summed E-state index contributed by atoms with van der Waals surface area (Å²) in [6.45, 7) is 12.1. The van der Waals surface area contributed by atoms with Crippen molar-refractivity contribution >= 4 is 184 Å². The van der Waals surface area contributed by atoms with Gasteiger partial charge in [-0.1, -0.05) is 159 Å². The monoisotopic (exact) mass is 1840 g/mol. The molecule has 16 nitrogen and oxygen atoms in total. The Morgan fingerprint density at radius 2 is 0.694 bits per heavy atom. The molecule has 8 aromatic carbocycles. The molecule has 0 saturated carbocycles. The Labute approximate surface area is 741 Å². The van der Waals surface area contributed by atoms with Crippen LogP contribution in [0.25, 0.3) is 0 Å². The SMILES string of the molecule is CC(=O)OCc1ccc(S[S-])cc1.CSc1ccc(CO[C-]=O)cc1.[2H]C(=O)OCc1ccc(SC)cc1.[2H]CC(=O)OCc1ccc(SC)cc1.[2H]CSSc1ccc(COC(C)=O)cc1.[2H]SSc1ccc(COC(C)=O)cc1.[CH2-]C(=O)OCc1ccc(SC)cc1.[CH2-]SSc1ccc(COC(C)=O)cc1.[V].[V].[V].[V]. The maximum atomic E-state index is 10.7. The van der Waals surface area contributed by atoms with Crippen LogP contribution in [0.5, 0.6) is 0 Å². The van der Waals surface area contributed by atoms with Gasteiger partial charge in [0, 0.05) is 146 Å². The minimum Gasteiger partial charge on any atom is -0.714 e. The fourth-order valence-corrected chi connectivity index (χ4v) is 11.9. The van der Waals surface area contributed by atoms with E-state index in [1.54, 1.807) is 68.6 Å². The molecule has 0 heterocycles. The van der Waals surface area contributed by atoms with Crippen molar-refractivity contribution in [3.8, 4) is 0 Å². The topological polar surface area (TPSA) is 210 Å². The molecule has 0 aliphatic rings. The van der Waals surface area contributed by atoms with E-state index in [2.05, 4.69) is 22.7 Å². The van der Waals surface area contributed by atoms with Crippen molar-refractivity contribution in [3.05, 3.63) is 252 Å². The van der Waals surface area contributed by atoms with Gasteiger partial charge in [0.1, 0.15) is 47.4 Å². The van der Waals surface area contributed by atoms with Crippen LogP contribution < -0.4 is 0 Å². The molecule has 0 saturated heterocycles. The number of thioether (sulfide) groups is 4. The average Bonchev–Trinajstić information content (AvgIpc) is 0.784. The van der Waals surface area contributed by atoms with Crippen molar-refractivity contribution in [2.75, 3.05) is 31.3 Å². The average molecular weight is 1850 g/mol. The molecule has 0 aliphatic heterocycles. The van der Waals surface area contributed by atoms with Crippen molar-refractivity contribution in [1.82, 2.24) is 0 Å². The number of hydrogen-bond acceptors (Lipinski definition) is 28. The Balaban J connectivity index is -0.000000592. The minimum atomic E-state index is -0.992. The van der Waals surface area contributed by atoms with E-state index in [9.17, 15) is 38.4 Å². The predicted octanol–water partition coefficient (Wildman–Crippen LogP) is 20.2. The van der Waals surface area contributed by atoms with Crippen LogP contribution in [0.1, 0.15) is 83.2 Å². The maximum Gasteiger partial charge on any atom is 0.302 e. The van der Waals surface area contributed by atoms with E-state index in [0.29, 0.717) is 45.9 Å². The van der Waals surface area contributed by atoms with Crippen molar-refractivity contribution in [2.24, 2.45) is 0 Å². The molecule has 0 N–H and O–H groups in total. The summed E-state index contributed by atoms with van der Waals surface area (Å²) in [5.41, 5.74) is 7.72. The number of carbonyl (C=O) groups is 7. The molecule has 0 bridgehead atoms. The first-order valence-electron chi connectivity index (χ1n) is 32.5. The fraction of sp³-hybridized carbons (Fsp3) is 0.237. The maximum absolute atomic E-state index is 10.7. The van der Waals surface area contributed by atoms with Crippen LogP contribution >= 0.6 is 123 Å². The molecule has 0 amide bonds. The zero-order valence-electron chi connectivity index (χ0n) is 64.2. The summed E-state index contributed by atoms with van der Waals surface area (Å²) in [5, 5.41) is 0. The molecule has 0 aromatic heterocycles. The molecule has 580 valence electrons.